The number of ether oxygens (including phenoxy) is 1. The summed E-state index contributed by atoms with van der Waals surface area (Å²) in [5, 5.41) is 0.894. The third-order valence-electron chi connectivity index (χ3n) is 4.05. The predicted molar refractivity (Wildman–Crippen MR) is 104 cm³/mol. The minimum absolute atomic E-state index is 0.109. The van der Waals surface area contributed by atoms with Crippen molar-refractivity contribution < 1.29 is 4.74 Å². The molecule has 0 bridgehead atoms. The number of hydrogen-bond acceptors (Lipinski definition) is 3. The first-order valence-corrected chi connectivity index (χ1v) is 8.93. The van der Waals surface area contributed by atoms with Gasteiger partial charge in [0, 0.05) is 23.6 Å². The molecule has 0 unspecified atom stereocenters. The van der Waals surface area contributed by atoms with Crippen LogP contribution in [0.2, 0.25) is 5.02 Å². The van der Waals surface area contributed by atoms with Crippen molar-refractivity contribution in [3.05, 3.63) is 56.9 Å². The van der Waals surface area contributed by atoms with Gasteiger partial charge < -0.3 is 14.7 Å². The molecule has 0 aliphatic heterocycles. The zero-order valence-corrected chi connectivity index (χ0v) is 15.5. The number of nitrogens with one attached hydrogen (secondary N) is 2. The Balaban J connectivity index is 1.95. The second-order valence-corrected chi connectivity index (χ2v) is 6.46. The molecule has 0 spiro atoms. The average Bonchev–Trinajstić information content (AvgIpc) is 3.14. The highest BCUT2D eigenvalue weighted by molar-refractivity contribution is 6.32. The first-order valence-electron chi connectivity index (χ1n) is 8.55. The Morgan fingerprint density at radius 1 is 1.35 bits per heavy atom. The second kappa shape index (κ2) is 8.11. The number of nitrogens with zero attached hydrogens (tertiary/aromatic N) is 1. The minimum atomic E-state index is -0.109. The van der Waals surface area contributed by atoms with Gasteiger partial charge in [-0.1, -0.05) is 36.8 Å². The molecule has 0 fully saturated rings. The summed E-state index contributed by atoms with van der Waals surface area (Å²) in [5.74, 6) is 6.59. The number of hydrogen-bond donors (Lipinski definition) is 2. The third kappa shape index (κ3) is 3.92. The number of imidazole rings is 1. The smallest absolute Gasteiger partial charge is 0.205 e. The number of aromatic amines is 2. The summed E-state index contributed by atoms with van der Waals surface area (Å²) in [7, 11) is 0. The third-order valence-corrected chi connectivity index (χ3v) is 4.34. The summed E-state index contributed by atoms with van der Waals surface area (Å²) in [5.41, 5.74) is 2.64. The highest BCUT2D eigenvalue weighted by Gasteiger charge is 2.12. The Kier molecular flexibility index (Phi) is 5.65. The van der Waals surface area contributed by atoms with Crippen molar-refractivity contribution in [3.8, 4) is 17.6 Å². The van der Waals surface area contributed by atoms with Gasteiger partial charge >= 0.3 is 0 Å². The molecule has 3 rings (SSSR count). The van der Waals surface area contributed by atoms with Gasteiger partial charge in [0.2, 0.25) is 5.43 Å². The van der Waals surface area contributed by atoms with Crippen LogP contribution >= 0.6 is 11.6 Å². The molecule has 6 heteroatoms. The summed E-state index contributed by atoms with van der Waals surface area (Å²) in [6, 6.07) is 3.38. The lowest BCUT2D eigenvalue weighted by atomic mass is 10.1. The van der Waals surface area contributed by atoms with Gasteiger partial charge in [-0.15, -0.1) is 0 Å². The first-order chi connectivity index (χ1) is 12.6. The number of aryl methyl sites for hydroxylation is 1. The molecule has 2 aromatic heterocycles. The lowest BCUT2D eigenvalue weighted by Crippen LogP contribution is -2.11. The van der Waals surface area contributed by atoms with E-state index in [0.29, 0.717) is 33.8 Å². The van der Waals surface area contributed by atoms with E-state index in [0.717, 1.165) is 30.7 Å². The largest absolute Gasteiger partial charge is 0.486 e. The van der Waals surface area contributed by atoms with Crippen LogP contribution in [0.1, 0.15) is 43.1 Å². The van der Waals surface area contributed by atoms with Gasteiger partial charge in [0.15, 0.2) is 0 Å². The van der Waals surface area contributed by atoms with Crippen LogP contribution in [0.5, 0.6) is 5.75 Å². The summed E-state index contributed by atoms with van der Waals surface area (Å²) < 4.78 is 5.74. The summed E-state index contributed by atoms with van der Waals surface area (Å²) in [6.07, 6.45) is 6.17. The first kappa shape index (κ1) is 18.1. The van der Waals surface area contributed by atoms with Crippen molar-refractivity contribution in [2.75, 3.05) is 0 Å². The Hall–Kier alpha value is -2.71. The topological polar surface area (TPSA) is 70.8 Å². The zero-order valence-electron chi connectivity index (χ0n) is 14.8. The molecule has 1 aromatic carbocycles. The second-order valence-electron chi connectivity index (χ2n) is 6.05. The summed E-state index contributed by atoms with van der Waals surface area (Å²) >= 11 is 6.31. The van der Waals surface area contributed by atoms with Crippen molar-refractivity contribution in [2.45, 2.75) is 39.7 Å². The molecule has 2 heterocycles. The van der Waals surface area contributed by atoms with Gasteiger partial charge in [-0.25, -0.2) is 4.98 Å². The lowest BCUT2D eigenvalue weighted by Gasteiger charge is -2.10. The van der Waals surface area contributed by atoms with Crippen molar-refractivity contribution in [1.29, 1.82) is 0 Å². The van der Waals surface area contributed by atoms with Crippen LogP contribution < -0.4 is 10.2 Å². The maximum atomic E-state index is 12.8. The maximum Gasteiger partial charge on any atom is 0.205 e. The molecule has 3 aromatic rings. The number of unbranched alkanes of at least 4 members (excludes halogenated alkanes) is 2. The molecule has 0 aliphatic carbocycles. The zero-order chi connectivity index (χ0) is 18.5. The van der Waals surface area contributed by atoms with Crippen LogP contribution in [0.25, 0.3) is 10.9 Å². The maximum absolute atomic E-state index is 12.8. The molecule has 0 atom stereocenters. The highest BCUT2D eigenvalue weighted by atomic mass is 35.5. The highest BCUT2D eigenvalue weighted by Crippen LogP contribution is 2.29. The summed E-state index contributed by atoms with van der Waals surface area (Å²) in [6.45, 7) is 4.28. The van der Waals surface area contributed by atoms with Crippen LogP contribution in [0.3, 0.4) is 0 Å². The van der Waals surface area contributed by atoms with E-state index in [9.17, 15) is 4.79 Å². The Bertz CT molecular complexity index is 1030. The molecule has 0 saturated carbocycles. The van der Waals surface area contributed by atoms with Crippen molar-refractivity contribution in [3.63, 3.8) is 0 Å². The fourth-order valence-corrected chi connectivity index (χ4v) is 2.83. The fourth-order valence-electron chi connectivity index (χ4n) is 2.61. The van der Waals surface area contributed by atoms with E-state index in [1.807, 2.05) is 6.92 Å². The quantitative estimate of drug-likeness (QED) is 0.519. The SMILES string of the molecule is CCCCC#Cc1c(C)[nH]c2cc(OCc3cnc[nH]3)c(Cl)cc2c1=O. The Morgan fingerprint density at radius 2 is 2.19 bits per heavy atom. The molecule has 0 saturated heterocycles. The van der Waals surface area contributed by atoms with E-state index >= 15 is 0 Å². The fraction of sp³-hybridized carbons (Fsp3) is 0.300. The van der Waals surface area contributed by atoms with Gasteiger partial charge in [-0.2, -0.15) is 0 Å². The van der Waals surface area contributed by atoms with E-state index in [1.54, 1.807) is 24.7 Å². The van der Waals surface area contributed by atoms with Crippen molar-refractivity contribution >= 4 is 22.5 Å². The number of rotatable bonds is 5. The van der Waals surface area contributed by atoms with E-state index in [4.69, 9.17) is 16.3 Å². The number of aromatic nitrogens is 3. The Labute approximate surface area is 156 Å². The van der Waals surface area contributed by atoms with Crippen LogP contribution in [-0.4, -0.2) is 15.0 Å². The van der Waals surface area contributed by atoms with Gasteiger partial charge in [0.05, 0.1) is 34.3 Å². The summed E-state index contributed by atoms with van der Waals surface area (Å²) in [4.78, 5) is 22.9. The van der Waals surface area contributed by atoms with E-state index in [-0.39, 0.29) is 5.43 Å². The number of halogens is 1. The van der Waals surface area contributed by atoms with Gasteiger partial charge in [0.25, 0.3) is 0 Å². The van der Waals surface area contributed by atoms with E-state index in [2.05, 4.69) is 33.7 Å². The predicted octanol–water partition coefficient (Wildman–Crippen LogP) is 4.33. The van der Waals surface area contributed by atoms with Crippen LogP contribution in [0.15, 0.2) is 29.5 Å². The molecule has 0 amide bonds. The van der Waals surface area contributed by atoms with Crippen molar-refractivity contribution in [2.24, 2.45) is 0 Å². The number of benzene rings is 1. The van der Waals surface area contributed by atoms with Crippen LogP contribution in [0, 0.1) is 18.8 Å². The molecular weight excluding hydrogens is 350 g/mol. The molecule has 134 valence electrons. The molecule has 26 heavy (non-hydrogen) atoms. The average molecular weight is 370 g/mol. The molecule has 0 radical (unpaired) electrons. The molecule has 0 aliphatic rings. The number of H-pyrrole nitrogens is 2. The number of fused-ring (bicyclic) bond motifs is 1. The Morgan fingerprint density at radius 3 is 2.92 bits per heavy atom. The van der Waals surface area contributed by atoms with E-state index < -0.39 is 0 Å². The number of pyridine rings is 1. The normalized spacial score (nSPS) is 10.6. The molecule has 5 nitrogen and oxygen atoms in total. The standard InChI is InChI=1S/C20H20ClN3O2/c1-3-4-5-6-7-15-13(2)24-18-9-19(17(21)8-16(18)20(15)25)26-11-14-10-22-12-23-14/h8-10,12H,3-5,11H2,1-2H3,(H,22,23)(H,24,25). The van der Waals surface area contributed by atoms with E-state index in [1.165, 1.54) is 0 Å². The van der Waals surface area contributed by atoms with Crippen LogP contribution in [-0.2, 0) is 6.61 Å². The van der Waals surface area contributed by atoms with Crippen molar-refractivity contribution in [1.82, 2.24) is 15.0 Å². The van der Waals surface area contributed by atoms with Gasteiger partial charge in [0.1, 0.15) is 12.4 Å². The lowest BCUT2D eigenvalue weighted by molar-refractivity contribution is 0.302. The van der Waals surface area contributed by atoms with Crippen LogP contribution in [0.4, 0.5) is 0 Å². The van der Waals surface area contributed by atoms with Gasteiger partial charge in [-0.05, 0) is 19.4 Å². The monoisotopic (exact) mass is 369 g/mol. The molecular formula is C20H20ClN3O2. The van der Waals surface area contributed by atoms with Gasteiger partial charge in [-0.3, -0.25) is 4.79 Å². The molecule has 2 N–H and O–H groups in total. The minimum Gasteiger partial charge on any atom is -0.486 e.